The Bertz CT molecular complexity index is 1450. The van der Waals surface area contributed by atoms with Crippen LogP contribution in [0, 0.1) is 5.82 Å². The summed E-state index contributed by atoms with van der Waals surface area (Å²) in [5, 5.41) is 4.98. The van der Waals surface area contributed by atoms with E-state index in [2.05, 4.69) is 21.0 Å². The van der Waals surface area contributed by atoms with Crippen LogP contribution < -0.4 is 15.0 Å². The fourth-order valence-corrected chi connectivity index (χ4v) is 3.94. The van der Waals surface area contributed by atoms with Crippen molar-refractivity contribution in [3.63, 3.8) is 0 Å². The van der Waals surface area contributed by atoms with Gasteiger partial charge in [0.15, 0.2) is 11.5 Å². The highest BCUT2D eigenvalue weighted by atomic mass is 79.9. The molecule has 0 saturated carbocycles. The number of rotatable bonds is 8. The highest BCUT2D eigenvalue weighted by Gasteiger charge is 2.16. The van der Waals surface area contributed by atoms with Crippen LogP contribution in [0.2, 0.25) is 0 Å². The smallest absolute Gasteiger partial charge is 0.282 e. The monoisotopic (exact) mass is 537 g/mol. The van der Waals surface area contributed by atoms with Crippen molar-refractivity contribution < 1.29 is 13.9 Å². The zero-order valence-corrected chi connectivity index (χ0v) is 21.3. The standard InChI is InChI=1S/C27H25BrFN3O3/c1-4-17(2)26-31-23-10-9-20(28)14-22(23)27(33)32(26)30-15-18-8-11-24(25(13-18)34-3)35-16-19-6-5-7-21(29)12-19/h5-15,17H,4,16H2,1-3H3/t17-/m0/s1. The summed E-state index contributed by atoms with van der Waals surface area (Å²) in [5.74, 6) is 1.35. The number of fused-ring (bicyclic) bond motifs is 1. The molecular weight excluding hydrogens is 513 g/mol. The largest absolute Gasteiger partial charge is 0.493 e. The molecule has 0 saturated heterocycles. The fourth-order valence-electron chi connectivity index (χ4n) is 3.58. The molecule has 0 fully saturated rings. The molecule has 0 N–H and O–H groups in total. The van der Waals surface area contributed by atoms with Gasteiger partial charge in [-0.2, -0.15) is 9.78 Å². The first-order valence-electron chi connectivity index (χ1n) is 11.2. The summed E-state index contributed by atoms with van der Waals surface area (Å²) in [7, 11) is 1.54. The Kier molecular flexibility index (Phi) is 7.60. The molecule has 0 aliphatic carbocycles. The molecule has 0 aliphatic heterocycles. The molecule has 1 aromatic heterocycles. The quantitative estimate of drug-likeness (QED) is 0.248. The molecule has 0 unspecified atom stereocenters. The topological polar surface area (TPSA) is 65.7 Å². The van der Waals surface area contributed by atoms with Gasteiger partial charge in [-0.1, -0.05) is 41.9 Å². The van der Waals surface area contributed by atoms with E-state index in [-0.39, 0.29) is 23.9 Å². The Balaban J connectivity index is 1.65. The van der Waals surface area contributed by atoms with Crippen LogP contribution in [-0.2, 0) is 6.61 Å². The van der Waals surface area contributed by atoms with Crippen molar-refractivity contribution in [3.05, 3.63) is 98.3 Å². The molecule has 1 atom stereocenters. The van der Waals surface area contributed by atoms with E-state index in [0.29, 0.717) is 33.8 Å². The Hall–Kier alpha value is -3.52. The van der Waals surface area contributed by atoms with E-state index < -0.39 is 0 Å². The molecule has 0 bridgehead atoms. The van der Waals surface area contributed by atoms with Crippen LogP contribution in [0.5, 0.6) is 11.5 Å². The fraction of sp³-hybridized carbons (Fsp3) is 0.222. The van der Waals surface area contributed by atoms with Crippen molar-refractivity contribution in [2.45, 2.75) is 32.8 Å². The molecule has 180 valence electrons. The van der Waals surface area contributed by atoms with E-state index in [1.165, 1.54) is 16.8 Å². The zero-order chi connectivity index (χ0) is 24.9. The first-order valence-corrected chi connectivity index (χ1v) is 12.0. The van der Waals surface area contributed by atoms with Crippen LogP contribution in [-0.4, -0.2) is 23.0 Å². The SMILES string of the molecule is CC[C@H](C)c1nc2ccc(Br)cc2c(=O)n1N=Cc1ccc(OCc2cccc(F)c2)c(OC)c1. The normalized spacial score (nSPS) is 12.3. The van der Waals surface area contributed by atoms with Crippen LogP contribution in [0.1, 0.15) is 43.1 Å². The average molecular weight is 538 g/mol. The predicted molar refractivity (Wildman–Crippen MR) is 139 cm³/mol. The lowest BCUT2D eigenvalue weighted by Crippen LogP contribution is -2.23. The van der Waals surface area contributed by atoms with Gasteiger partial charge in [0.2, 0.25) is 0 Å². The Morgan fingerprint density at radius 1 is 1.14 bits per heavy atom. The minimum atomic E-state index is -0.313. The summed E-state index contributed by atoms with van der Waals surface area (Å²) in [6.07, 6.45) is 2.41. The number of hydrogen-bond donors (Lipinski definition) is 0. The summed E-state index contributed by atoms with van der Waals surface area (Å²) in [4.78, 5) is 18.0. The van der Waals surface area contributed by atoms with E-state index in [4.69, 9.17) is 14.5 Å². The van der Waals surface area contributed by atoms with Gasteiger partial charge in [-0.05, 0) is 66.1 Å². The van der Waals surface area contributed by atoms with Gasteiger partial charge in [-0.25, -0.2) is 9.37 Å². The number of benzene rings is 3. The molecule has 6 nitrogen and oxygen atoms in total. The third-order valence-corrected chi connectivity index (χ3v) is 6.17. The molecule has 0 radical (unpaired) electrons. The first-order chi connectivity index (χ1) is 16.9. The Morgan fingerprint density at radius 2 is 1.97 bits per heavy atom. The maximum absolute atomic E-state index is 13.4. The third-order valence-electron chi connectivity index (χ3n) is 5.68. The van der Waals surface area contributed by atoms with Crippen molar-refractivity contribution >= 4 is 33.0 Å². The van der Waals surface area contributed by atoms with Gasteiger partial charge in [-0.15, -0.1) is 0 Å². The van der Waals surface area contributed by atoms with Crippen LogP contribution in [0.15, 0.2) is 75.0 Å². The highest BCUT2D eigenvalue weighted by Crippen LogP contribution is 2.28. The van der Waals surface area contributed by atoms with Crippen molar-refractivity contribution in [3.8, 4) is 11.5 Å². The Morgan fingerprint density at radius 3 is 2.71 bits per heavy atom. The highest BCUT2D eigenvalue weighted by molar-refractivity contribution is 9.10. The van der Waals surface area contributed by atoms with Gasteiger partial charge in [-0.3, -0.25) is 4.79 Å². The second-order valence-corrected chi connectivity index (χ2v) is 9.05. The summed E-state index contributed by atoms with van der Waals surface area (Å²) in [5.41, 5.74) is 1.84. The number of hydrogen-bond acceptors (Lipinski definition) is 5. The summed E-state index contributed by atoms with van der Waals surface area (Å²) in [6.45, 7) is 4.27. The van der Waals surface area contributed by atoms with E-state index in [1.807, 2.05) is 32.0 Å². The number of nitrogens with zero attached hydrogens (tertiary/aromatic N) is 3. The van der Waals surface area contributed by atoms with Gasteiger partial charge in [0, 0.05) is 10.4 Å². The van der Waals surface area contributed by atoms with E-state index in [1.54, 1.807) is 43.7 Å². The van der Waals surface area contributed by atoms with Crippen LogP contribution in [0.3, 0.4) is 0 Å². The Labute approximate surface area is 211 Å². The van der Waals surface area contributed by atoms with E-state index in [0.717, 1.165) is 16.5 Å². The van der Waals surface area contributed by atoms with Crippen LogP contribution >= 0.6 is 15.9 Å². The predicted octanol–water partition coefficient (Wildman–Crippen LogP) is 6.28. The summed E-state index contributed by atoms with van der Waals surface area (Å²) in [6, 6.07) is 17.0. The van der Waals surface area contributed by atoms with Crippen LogP contribution in [0.25, 0.3) is 10.9 Å². The zero-order valence-electron chi connectivity index (χ0n) is 19.7. The van der Waals surface area contributed by atoms with Gasteiger partial charge in [0.05, 0.1) is 24.2 Å². The summed E-state index contributed by atoms with van der Waals surface area (Å²) < 4.78 is 26.9. The summed E-state index contributed by atoms with van der Waals surface area (Å²) >= 11 is 3.42. The van der Waals surface area contributed by atoms with Gasteiger partial charge in [0.25, 0.3) is 5.56 Å². The van der Waals surface area contributed by atoms with Crippen molar-refractivity contribution in [2.24, 2.45) is 5.10 Å². The number of methoxy groups -OCH3 is 1. The molecule has 35 heavy (non-hydrogen) atoms. The van der Waals surface area contributed by atoms with E-state index in [9.17, 15) is 9.18 Å². The molecule has 4 rings (SSSR count). The lowest BCUT2D eigenvalue weighted by Gasteiger charge is -2.14. The lowest BCUT2D eigenvalue weighted by atomic mass is 10.1. The molecule has 0 amide bonds. The first kappa shape index (κ1) is 24.6. The molecule has 8 heteroatoms. The number of aromatic nitrogens is 2. The molecule has 0 aliphatic rings. The van der Waals surface area contributed by atoms with Crippen molar-refractivity contribution in [1.29, 1.82) is 0 Å². The average Bonchev–Trinajstić information content (AvgIpc) is 2.87. The van der Waals surface area contributed by atoms with E-state index >= 15 is 0 Å². The van der Waals surface area contributed by atoms with Gasteiger partial charge >= 0.3 is 0 Å². The van der Waals surface area contributed by atoms with Crippen LogP contribution in [0.4, 0.5) is 4.39 Å². The van der Waals surface area contributed by atoms with Crippen molar-refractivity contribution in [2.75, 3.05) is 7.11 Å². The minimum absolute atomic E-state index is 0.0426. The molecule has 4 aromatic rings. The second kappa shape index (κ2) is 10.8. The number of halogens is 2. The molecule has 1 heterocycles. The lowest BCUT2D eigenvalue weighted by molar-refractivity contribution is 0.284. The van der Waals surface area contributed by atoms with Crippen molar-refractivity contribution in [1.82, 2.24) is 9.66 Å². The van der Waals surface area contributed by atoms with Gasteiger partial charge in [0.1, 0.15) is 18.2 Å². The maximum Gasteiger partial charge on any atom is 0.282 e. The molecule has 0 spiro atoms. The molecular formula is C27H25BrFN3O3. The maximum atomic E-state index is 13.4. The van der Waals surface area contributed by atoms with Gasteiger partial charge < -0.3 is 9.47 Å². The minimum Gasteiger partial charge on any atom is -0.493 e. The third kappa shape index (κ3) is 5.59. The number of ether oxygens (including phenoxy) is 2. The molecule has 3 aromatic carbocycles. The second-order valence-electron chi connectivity index (χ2n) is 8.13.